The van der Waals surface area contributed by atoms with Crippen molar-refractivity contribution in [3.05, 3.63) is 28.8 Å². The maximum absolute atomic E-state index is 5.55. The van der Waals surface area contributed by atoms with Gasteiger partial charge >= 0.3 is 0 Å². The molecule has 0 saturated carbocycles. The van der Waals surface area contributed by atoms with Crippen LogP contribution in [0.2, 0.25) is 0 Å². The average molecular weight is 265 g/mol. The molecule has 0 aliphatic heterocycles. The molecule has 5 nitrogen and oxygen atoms in total. The molecule has 6 heteroatoms. The van der Waals surface area contributed by atoms with Crippen molar-refractivity contribution in [2.75, 3.05) is 20.0 Å². The Morgan fingerprint density at radius 3 is 2.61 bits per heavy atom. The second-order valence-corrected chi connectivity index (χ2v) is 4.81. The van der Waals surface area contributed by atoms with Crippen LogP contribution in [0.5, 0.6) is 11.5 Å². The third-order valence-corrected chi connectivity index (χ3v) is 3.40. The van der Waals surface area contributed by atoms with Crippen molar-refractivity contribution >= 4 is 16.5 Å². The van der Waals surface area contributed by atoms with Crippen LogP contribution in [0.3, 0.4) is 0 Å². The number of ether oxygens (including phenoxy) is 2. The topological polar surface area (TPSA) is 70.3 Å². The maximum atomic E-state index is 5.55. The van der Waals surface area contributed by atoms with Gasteiger partial charge in [-0.3, -0.25) is 0 Å². The number of anilines is 1. The molecule has 0 spiro atoms. The lowest BCUT2D eigenvalue weighted by molar-refractivity contribution is 0.391. The van der Waals surface area contributed by atoms with Gasteiger partial charge in [0.25, 0.3) is 0 Å². The quantitative estimate of drug-likeness (QED) is 0.894. The molecule has 18 heavy (non-hydrogen) atoms. The summed E-state index contributed by atoms with van der Waals surface area (Å²) in [6, 6.07) is 5.80. The first kappa shape index (κ1) is 12.6. The van der Waals surface area contributed by atoms with E-state index in [1.54, 1.807) is 14.2 Å². The van der Waals surface area contributed by atoms with Crippen LogP contribution < -0.4 is 15.2 Å². The Balaban J connectivity index is 2.08. The number of nitrogens with two attached hydrogens (primary N) is 1. The molecule has 2 N–H and O–H groups in total. The molecular formula is C12H15N3O2S. The normalized spacial score (nSPS) is 10.3. The minimum absolute atomic E-state index is 0.506. The lowest BCUT2D eigenvalue weighted by atomic mass is 10.1. The van der Waals surface area contributed by atoms with E-state index in [0.29, 0.717) is 5.13 Å². The molecule has 2 rings (SSSR count). The third-order valence-electron chi connectivity index (χ3n) is 2.58. The van der Waals surface area contributed by atoms with Crippen molar-refractivity contribution < 1.29 is 9.47 Å². The minimum atomic E-state index is 0.506. The monoisotopic (exact) mass is 265 g/mol. The van der Waals surface area contributed by atoms with Crippen LogP contribution in [0.15, 0.2) is 18.2 Å². The van der Waals surface area contributed by atoms with Gasteiger partial charge in [0.05, 0.1) is 14.2 Å². The Labute approximate surface area is 110 Å². The van der Waals surface area contributed by atoms with Gasteiger partial charge in [-0.2, -0.15) is 0 Å². The summed E-state index contributed by atoms with van der Waals surface area (Å²) in [5.74, 6) is 1.61. The first-order valence-electron chi connectivity index (χ1n) is 5.51. The molecule has 1 heterocycles. The lowest BCUT2D eigenvalue weighted by Gasteiger charge is -2.09. The van der Waals surface area contributed by atoms with Crippen LogP contribution >= 0.6 is 11.3 Å². The SMILES string of the molecule is COc1ccc(CCc2nnc(N)s2)c(OC)c1. The van der Waals surface area contributed by atoms with Crippen molar-refractivity contribution in [1.82, 2.24) is 10.2 Å². The predicted octanol–water partition coefficient (Wildman–Crippen LogP) is 1.92. The van der Waals surface area contributed by atoms with Crippen LogP contribution in [0.25, 0.3) is 0 Å². The second kappa shape index (κ2) is 5.68. The van der Waals surface area contributed by atoms with E-state index >= 15 is 0 Å². The molecule has 1 aromatic carbocycles. The Morgan fingerprint density at radius 1 is 1.17 bits per heavy atom. The molecular weight excluding hydrogens is 250 g/mol. The fourth-order valence-electron chi connectivity index (χ4n) is 1.67. The van der Waals surface area contributed by atoms with Gasteiger partial charge < -0.3 is 15.2 Å². The van der Waals surface area contributed by atoms with E-state index in [4.69, 9.17) is 15.2 Å². The first-order chi connectivity index (χ1) is 8.72. The van der Waals surface area contributed by atoms with Gasteiger partial charge in [-0.25, -0.2) is 0 Å². The van der Waals surface area contributed by atoms with Crippen LogP contribution in [-0.4, -0.2) is 24.4 Å². The van der Waals surface area contributed by atoms with Gasteiger partial charge in [-0.05, 0) is 18.1 Å². The highest BCUT2D eigenvalue weighted by Crippen LogP contribution is 2.26. The fourth-order valence-corrected chi connectivity index (χ4v) is 2.28. The van der Waals surface area contributed by atoms with Crippen LogP contribution in [-0.2, 0) is 12.8 Å². The Kier molecular flexibility index (Phi) is 3.99. The van der Waals surface area contributed by atoms with E-state index in [1.807, 2.05) is 18.2 Å². The smallest absolute Gasteiger partial charge is 0.203 e. The summed E-state index contributed by atoms with van der Waals surface area (Å²) < 4.78 is 10.5. The molecule has 0 fully saturated rings. The highest BCUT2D eigenvalue weighted by Gasteiger charge is 2.07. The molecule has 0 bridgehead atoms. The van der Waals surface area contributed by atoms with Crippen LogP contribution in [0.1, 0.15) is 10.6 Å². The zero-order valence-corrected chi connectivity index (χ0v) is 11.2. The maximum Gasteiger partial charge on any atom is 0.203 e. The Morgan fingerprint density at radius 2 is 2.00 bits per heavy atom. The van der Waals surface area contributed by atoms with Gasteiger partial charge in [0.15, 0.2) is 0 Å². The summed E-state index contributed by atoms with van der Waals surface area (Å²) in [7, 11) is 3.29. The zero-order chi connectivity index (χ0) is 13.0. The summed E-state index contributed by atoms with van der Waals surface area (Å²) in [6.07, 6.45) is 1.64. The van der Waals surface area contributed by atoms with Gasteiger partial charge in [0.2, 0.25) is 5.13 Å². The van der Waals surface area contributed by atoms with Crippen molar-refractivity contribution in [1.29, 1.82) is 0 Å². The zero-order valence-electron chi connectivity index (χ0n) is 10.3. The van der Waals surface area contributed by atoms with Crippen molar-refractivity contribution in [2.24, 2.45) is 0 Å². The number of hydrogen-bond donors (Lipinski definition) is 1. The summed E-state index contributed by atoms with van der Waals surface area (Å²) in [5.41, 5.74) is 6.66. The van der Waals surface area contributed by atoms with E-state index in [0.717, 1.165) is 34.9 Å². The molecule has 0 unspecified atom stereocenters. The lowest BCUT2D eigenvalue weighted by Crippen LogP contribution is -1.96. The van der Waals surface area contributed by atoms with E-state index in [-0.39, 0.29) is 0 Å². The number of hydrogen-bond acceptors (Lipinski definition) is 6. The average Bonchev–Trinajstić information content (AvgIpc) is 2.82. The molecule has 0 radical (unpaired) electrons. The van der Waals surface area contributed by atoms with Crippen LogP contribution in [0, 0.1) is 0 Å². The van der Waals surface area contributed by atoms with Gasteiger partial charge in [0.1, 0.15) is 16.5 Å². The first-order valence-corrected chi connectivity index (χ1v) is 6.33. The largest absolute Gasteiger partial charge is 0.497 e. The van der Waals surface area contributed by atoms with Crippen LogP contribution in [0.4, 0.5) is 5.13 Å². The predicted molar refractivity (Wildman–Crippen MR) is 71.3 cm³/mol. The molecule has 0 amide bonds. The van der Waals surface area contributed by atoms with Crippen molar-refractivity contribution in [2.45, 2.75) is 12.8 Å². The highest BCUT2D eigenvalue weighted by molar-refractivity contribution is 7.15. The van der Waals surface area contributed by atoms with E-state index in [1.165, 1.54) is 11.3 Å². The second-order valence-electron chi connectivity index (χ2n) is 3.71. The minimum Gasteiger partial charge on any atom is -0.497 e. The molecule has 0 aliphatic rings. The third kappa shape index (κ3) is 2.89. The molecule has 0 saturated heterocycles. The van der Waals surface area contributed by atoms with E-state index in [2.05, 4.69) is 10.2 Å². The highest BCUT2D eigenvalue weighted by atomic mass is 32.1. The Hall–Kier alpha value is -1.82. The summed E-state index contributed by atoms with van der Waals surface area (Å²) >= 11 is 1.42. The Bertz CT molecular complexity index is 528. The standard InChI is InChI=1S/C12H15N3O2S/c1-16-9-5-3-8(10(7-9)17-2)4-6-11-14-15-12(13)18-11/h3,5,7H,4,6H2,1-2H3,(H2,13,15). The number of aromatic nitrogens is 2. The summed E-state index contributed by atoms with van der Waals surface area (Å²) in [6.45, 7) is 0. The van der Waals surface area contributed by atoms with Gasteiger partial charge in [0, 0.05) is 12.5 Å². The molecule has 2 aromatic rings. The van der Waals surface area contributed by atoms with Crippen molar-refractivity contribution in [3.63, 3.8) is 0 Å². The van der Waals surface area contributed by atoms with E-state index < -0.39 is 0 Å². The van der Waals surface area contributed by atoms with E-state index in [9.17, 15) is 0 Å². The molecule has 0 atom stereocenters. The number of nitrogens with zero attached hydrogens (tertiary/aromatic N) is 2. The van der Waals surface area contributed by atoms with Crippen molar-refractivity contribution in [3.8, 4) is 11.5 Å². The number of methoxy groups -OCH3 is 2. The number of aryl methyl sites for hydroxylation is 2. The number of benzene rings is 1. The molecule has 1 aromatic heterocycles. The number of nitrogen functional groups attached to an aromatic ring is 1. The number of rotatable bonds is 5. The fraction of sp³-hybridized carbons (Fsp3) is 0.333. The van der Waals surface area contributed by atoms with Gasteiger partial charge in [-0.1, -0.05) is 17.4 Å². The summed E-state index contributed by atoms with van der Waals surface area (Å²) in [5, 5.41) is 9.23. The summed E-state index contributed by atoms with van der Waals surface area (Å²) in [4.78, 5) is 0. The van der Waals surface area contributed by atoms with Gasteiger partial charge in [-0.15, -0.1) is 10.2 Å². The molecule has 96 valence electrons. The molecule has 0 aliphatic carbocycles.